The largest absolute Gasteiger partial charge is 0.493 e. The van der Waals surface area contributed by atoms with Crippen LogP contribution in [0.5, 0.6) is 11.5 Å². The molecule has 0 saturated heterocycles. The van der Waals surface area contributed by atoms with Crippen molar-refractivity contribution in [2.45, 2.75) is 52.1 Å². The number of ether oxygens (including phenoxy) is 2. The second-order valence-corrected chi connectivity index (χ2v) is 10.1. The molecule has 1 unspecified atom stereocenters. The number of aromatic nitrogens is 2. The van der Waals surface area contributed by atoms with Crippen molar-refractivity contribution in [2.24, 2.45) is 0 Å². The topological polar surface area (TPSA) is 126 Å². The molecule has 0 spiro atoms. The standard InChI is InChI=1S/C29H37N5O5/c1-19(34(28(36)37)29(2,3)4)16-26(35)32-22-9-7-8-21(18-22)23-13-15-31-27(33-23)30-14-12-20-10-11-24(38-5)25(17-20)39-6/h7-11,13,15,17-19H,12,14,16H2,1-6H3,(H,32,35)(H,36,37)(H,30,31,33). The molecule has 1 atom stereocenters. The third-order valence-electron chi connectivity index (χ3n) is 6.09. The van der Waals surface area contributed by atoms with Crippen LogP contribution in [-0.2, 0) is 11.2 Å². The van der Waals surface area contributed by atoms with E-state index in [9.17, 15) is 14.7 Å². The quantitative estimate of drug-likeness (QED) is 0.302. The van der Waals surface area contributed by atoms with E-state index >= 15 is 0 Å². The first-order valence-electron chi connectivity index (χ1n) is 12.7. The number of nitrogens with zero attached hydrogens (tertiary/aromatic N) is 3. The van der Waals surface area contributed by atoms with E-state index in [4.69, 9.17) is 9.47 Å². The molecular weight excluding hydrogens is 498 g/mol. The van der Waals surface area contributed by atoms with Crippen molar-refractivity contribution < 1.29 is 24.2 Å². The van der Waals surface area contributed by atoms with Crippen molar-refractivity contribution in [3.63, 3.8) is 0 Å². The highest BCUT2D eigenvalue weighted by Crippen LogP contribution is 2.28. The molecule has 0 fully saturated rings. The van der Waals surface area contributed by atoms with Crippen LogP contribution in [0.2, 0.25) is 0 Å². The Bertz CT molecular complexity index is 1290. The number of rotatable bonds is 11. The van der Waals surface area contributed by atoms with Crippen LogP contribution < -0.4 is 20.1 Å². The number of nitrogens with one attached hydrogen (secondary N) is 2. The average Bonchev–Trinajstić information content (AvgIpc) is 2.87. The van der Waals surface area contributed by atoms with Gasteiger partial charge in [-0.05, 0) is 70.0 Å². The number of carbonyl (C=O) groups is 2. The van der Waals surface area contributed by atoms with Crippen LogP contribution in [0.4, 0.5) is 16.4 Å². The van der Waals surface area contributed by atoms with E-state index in [1.165, 1.54) is 4.90 Å². The molecule has 3 aromatic rings. The van der Waals surface area contributed by atoms with Crippen LogP contribution in [0, 0.1) is 0 Å². The highest BCUT2D eigenvalue weighted by Gasteiger charge is 2.31. The summed E-state index contributed by atoms with van der Waals surface area (Å²) in [6.45, 7) is 7.77. The molecule has 3 N–H and O–H groups in total. The minimum atomic E-state index is -1.05. The maximum Gasteiger partial charge on any atom is 0.407 e. The summed E-state index contributed by atoms with van der Waals surface area (Å²) in [5, 5.41) is 15.7. The Morgan fingerprint density at radius 3 is 2.46 bits per heavy atom. The lowest BCUT2D eigenvalue weighted by Crippen LogP contribution is -2.51. The van der Waals surface area contributed by atoms with Gasteiger partial charge < -0.3 is 30.1 Å². The van der Waals surface area contributed by atoms with Crippen molar-refractivity contribution in [1.82, 2.24) is 14.9 Å². The summed E-state index contributed by atoms with van der Waals surface area (Å²) in [5.74, 6) is 1.59. The summed E-state index contributed by atoms with van der Waals surface area (Å²) < 4.78 is 10.7. The van der Waals surface area contributed by atoms with Crippen LogP contribution in [0.15, 0.2) is 54.7 Å². The summed E-state index contributed by atoms with van der Waals surface area (Å²) in [6, 6.07) is 14.5. The lowest BCUT2D eigenvalue weighted by atomic mass is 10.0. The molecule has 10 heteroatoms. The maximum atomic E-state index is 12.7. The Kier molecular flexibility index (Phi) is 9.70. The molecule has 0 aliphatic rings. The SMILES string of the molecule is COc1ccc(CCNc2nccc(-c3cccc(NC(=O)CC(C)N(C(=O)O)C(C)(C)C)c3)n2)cc1OC. The Morgan fingerprint density at radius 2 is 1.79 bits per heavy atom. The number of methoxy groups -OCH3 is 2. The lowest BCUT2D eigenvalue weighted by molar-refractivity contribution is -0.117. The molecule has 39 heavy (non-hydrogen) atoms. The number of carbonyl (C=O) groups excluding carboxylic acids is 1. The molecule has 0 saturated carbocycles. The van der Waals surface area contributed by atoms with Gasteiger partial charge in [-0.3, -0.25) is 4.79 Å². The van der Waals surface area contributed by atoms with E-state index in [0.717, 1.165) is 17.5 Å². The first kappa shape index (κ1) is 29.2. The molecule has 1 heterocycles. The molecule has 0 bridgehead atoms. The third-order valence-corrected chi connectivity index (χ3v) is 6.09. The van der Waals surface area contributed by atoms with E-state index in [1.807, 2.05) is 36.4 Å². The number of hydrogen-bond acceptors (Lipinski definition) is 7. The summed E-state index contributed by atoms with van der Waals surface area (Å²) in [5.41, 5.74) is 2.58. The average molecular weight is 536 g/mol. The van der Waals surface area contributed by atoms with E-state index in [1.54, 1.807) is 60.2 Å². The predicted octanol–water partition coefficient (Wildman–Crippen LogP) is 5.31. The zero-order valence-electron chi connectivity index (χ0n) is 23.3. The zero-order valence-corrected chi connectivity index (χ0v) is 23.3. The second-order valence-electron chi connectivity index (χ2n) is 10.1. The van der Waals surface area contributed by atoms with Crippen molar-refractivity contribution in [2.75, 3.05) is 31.4 Å². The summed E-state index contributed by atoms with van der Waals surface area (Å²) in [6.07, 6.45) is 1.40. The van der Waals surface area contributed by atoms with E-state index in [0.29, 0.717) is 35.4 Å². The Balaban J connectivity index is 1.62. The normalized spacial score (nSPS) is 11.8. The number of carboxylic acid groups (broad SMARTS) is 1. The molecule has 2 amide bonds. The van der Waals surface area contributed by atoms with Crippen molar-refractivity contribution in [1.29, 1.82) is 0 Å². The smallest absolute Gasteiger partial charge is 0.407 e. The summed E-state index contributed by atoms with van der Waals surface area (Å²) in [4.78, 5) is 34.7. The van der Waals surface area contributed by atoms with E-state index < -0.39 is 17.7 Å². The Hall–Kier alpha value is -4.34. The first-order valence-corrected chi connectivity index (χ1v) is 12.7. The molecule has 208 valence electrons. The summed E-state index contributed by atoms with van der Waals surface area (Å²) in [7, 11) is 3.22. The van der Waals surface area contributed by atoms with Gasteiger partial charge in [0.05, 0.1) is 19.9 Å². The van der Waals surface area contributed by atoms with Crippen molar-refractivity contribution in [3.8, 4) is 22.8 Å². The van der Waals surface area contributed by atoms with E-state index in [2.05, 4.69) is 20.6 Å². The fourth-order valence-corrected chi connectivity index (χ4v) is 4.42. The predicted molar refractivity (Wildman–Crippen MR) is 152 cm³/mol. The highest BCUT2D eigenvalue weighted by molar-refractivity contribution is 5.92. The molecule has 0 aliphatic carbocycles. The third kappa shape index (κ3) is 8.07. The fraction of sp³-hybridized carbons (Fsp3) is 0.379. The van der Waals surface area contributed by atoms with Crippen LogP contribution in [0.1, 0.15) is 39.7 Å². The van der Waals surface area contributed by atoms with Gasteiger partial charge in [0.25, 0.3) is 0 Å². The van der Waals surface area contributed by atoms with Gasteiger partial charge in [-0.1, -0.05) is 18.2 Å². The summed E-state index contributed by atoms with van der Waals surface area (Å²) >= 11 is 0. The van der Waals surface area contributed by atoms with Gasteiger partial charge in [-0.2, -0.15) is 0 Å². The van der Waals surface area contributed by atoms with Gasteiger partial charge >= 0.3 is 6.09 Å². The number of hydrogen-bond donors (Lipinski definition) is 3. The van der Waals surface area contributed by atoms with Gasteiger partial charge in [0.15, 0.2) is 11.5 Å². The first-order chi connectivity index (χ1) is 18.5. The van der Waals surface area contributed by atoms with Crippen LogP contribution in [-0.4, -0.2) is 64.3 Å². The minimum Gasteiger partial charge on any atom is -0.493 e. The van der Waals surface area contributed by atoms with Gasteiger partial charge in [0.1, 0.15) is 0 Å². The fourth-order valence-electron chi connectivity index (χ4n) is 4.42. The van der Waals surface area contributed by atoms with Crippen LogP contribution in [0.3, 0.4) is 0 Å². The number of amides is 2. The molecule has 2 aromatic carbocycles. The van der Waals surface area contributed by atoms with Gasteiger partial charge in [0.2, 0.25) is 11.9 Å². The van der Waals surface area contributed by atoms with Gasteiger partial charge in [-0.15, -0.1) is 0 Å². The monoisotopic (exact) mass is 535 g/mol. The Morgan fingerprint density at radius 1 is 1.05 bits per heavy atom. The van der Waals surface area contributed by atoms with Crippen molar-refractivity contribution >= 4 is 23.6 Å². The maximum absolute atomic E-state index is 12.7. The highest BCUT2D eigenvalue weighted by atomic mass is 16.5. The van der Waals surface area contributed by atoms with Gasteiger partial charge in [-0.25, -0.2) is 14.8 Å². The molecule has 0 aliphatic heterocycles. The molecule has 1 aromatic heterocycles. The number of anilines is 2. The molecular formula is C29H37N5O5. The van der Waals surface area contributed by atoms with Crippen LogP contribution >= 0.6 is 0 Å². The molecule has 0 radical (unpaired) electrons. The van der Waals surface area contributed by atoms with Gasteiger partial charge in [0, 0.05) is 42.0 Å². The van der Waals surface area contributed by atoms with Crippen LogP contribution in [0.25, 0.3) is 11.3 Å². The molecule has 3 rings (SSSR count). The Labute approximate surface area is 229 Å². The second kappa shape index (κ2) is 12.9. The lowest BCUT2D eigenvalue weighted by Gasteiger charge is -2.37. The molecule has 10 nitrogen and oxygen atoms in total. The number of benzene rings is 2. The van der Waals surface area contributed by atoms with E-state index in [-0.39, 0.29) is 12.3 Å². The zero-order chi connectivity index (χ0) is 28.6. The minimum absolute atomic E-state index is 0.0371. The van der Waals surface area contributed by atoms with Crippen molar-refractivity contribution in [3.05, 3.63) is 60.3 Å².